The van der Waals surface area contributed by atoms with Crippen molar-refractivity contribution >= 4 is 21.5 Å². The molecule has 3 aliphatic carbocycles. The summed E-state index contributed by atoms with van der Waals surface area (Å²) in [7, 11) is 3.45. The first-order valence-corrected chi connectivity index (χ1v) is 22.4. The monoisotopic (exact) mass is 806 g/mol. The van der Waals surface area contributed by atoms with Gasteiger partial charge in [-0.2, -0.15) is 0 Å². The van der Waals surface area contributed by atoms with Crippen molar-refractivity contribution in [1.82, 2.24) is 0 Å². The first-order valence-electron chi connectivity index (χ1n) is 22.4. The Morgan fingerprint density at radius 1 is 0.508 bits per heavy atom. The maximum absolute atomic E-state index is 12.0. The fourth-order valence-electron chi connectivity index (χ4n) is 13.1. The van der Waals surface area contributed by atoms with Gasteiger partial charge in [0.15, 0.2) is 0 Å². The third kappa shape index (κ3) is 5.99. The molecule has 310 valence electrons. The van der Waals surface area contributed by atoms with Gasteiger partial charge in [0.1, 0.15) is 28.7 Å². The van der Waals surface area contributed by atoms with E-state index in [0.29, 0.717) is 5.75 Å². The van der Waals surface area contributed by atoms with Gasteiger partial charge in [0.25, 0.3) is 0 Å². The molecule has 0 unspecified atom stereocenters. The zero-order valence-electron chi connectivity index (χ0n) is 37.1. The van der Waals surface area contributed by atoms with Crippen LogP contribution in [-0.2, 0) is 10.8 Å². The average molecular weight is 807 g/mol. The van der Waals surface area contributed by atoms with Gasteiger partial charge in [-0.25, -0.2) is 0 Å². The van der Waals surface area contributed by atoms with Crippen molar-refractivity contribution in [2.24, 2.45) is 10.8 Å². The number of benzene rings is 7. The molecule has 0 saturated heterocycles. The summed E-state index contributed by atoms with van der Waals surface area (Å²) in [4.78, 5) is 0. The predicted molar refractivity (Wildman–Crippen MR) is 252 cm³/mol. The topological polar surface area (TPSA) is 47.9 Å². The summed E-state index contributed by atoms with van der Waals surface area (Å²) in [6, 6.07) is 41.5. The number of rotatable bonds is 9. The lowest BCUT2D eigenvalue weighted by Crippen LogP contribution is -2.43. The highest BCUT2D eigenvalue weighted by atomic mass is 16.5. The van der Waals surface area contributed by atoms with Gasteiger partial charge in [0, 0.05) is 27.2 Å². The third-order valence-corrected chi connectivity index (χ3v) is 14.4. The number of phenols is 1. The first-order chi connectivity index (χ1) is 29.4. The number of aromatic hydroxyl groups is 1. The summed E-state index contributed by atoms with van der Waals surface area (Å²) in [5.41, 5.74) is 12.2. The molecule has 3 aliphatic rings. The second-order valence-electron chi connectivity index (χ2n) is 19.9. The highest BCUT2D eigenvalue weighted by Crippen LogP contribution is 2.66. The van der Waals surface area contributed by atoms with Gasteiger partial charge in [-0.1, -0.05) is 115 Å². The number of ether oxygens (including phenoxy) is 3. The third-order valence-electron chi connectivity index (χ3n) is 14.4. The van der Waals surface area contributed by atoms with E-state index in [4.69, 9.17) is 14.2 Å². The predicted octanol–water partition coefficient (Wildman–Crippen LogP) is 15.5. The Hall–Kier alpha value is -5.74. The van der Waals surface area contributed by atoms with Crippen LogP contribution in [0.5, 0.6) is 28.7 Å². The fourth-order valence-corrected chi connectivity index (χ4v) is 13.1. The Labute approximate surface area is 361 Å². The number of hydrogen-bond acceptors (Lipinski definition) is 4. The summed E-state index contributed by atoms with van der Waals surface area (Å²) in [6.07, 6.45) is 7.44. The van der Waals surface area contributed by atoms with E-state index in [-0.39, 0.29) is 21.7 Å². The van der Waals surface area contributed by atoms with Crippen LogP contribution in [-0.4, -0.2) is 19.3 Å². The number of phenolic OH excluding ortho intramolecular Hbond substituents is 1. The van der Waals surface area contributed by atoms with Gasteiger partial charge < -0.3 is 19.3 Å². The number of hydrogen-bond donors (Lipinski definition) is 1. The van der Waals surface area contributed by atoms with Gasteiger partial charge in [-0.05, 0) is 158 Å². The molecule has 10 rings (SSSR count). The summed E-state index contributed by atoms with van der Waals surface area (Å²) in [5, 5.41) is 16.1. The molecule has 0 atom stereocenters. The molecule has 7 aromatic carbocycles. The van der Waals surface area contributed by atoms with E-state index in [1.54, 1.807) is 14.2 Å². The highest BCUT2D eigenvalue weighted by molar-refractivity contribution is 6.09. The van der Waals surface area contributed by atoms with E-state index in [9.17, 15) is 5.11 Å². The fraction of sp³-hybridized carbons (Fsp3) is 0.333. The Morgan fingerprint density at radius 2 is 1.20 bits per heavy atom. The van der Waals surface area contributed by atoms with E-state index in [1.807, 2.05) is 12.1 Å². The molecule has 1 fully saturated rings. The second kappa shape index (κ2) is 14.2. The van der Waals surface area contributed by atoms with E-state index in [2.05, 4.69) is 145 Å². The van der Waals surface area contributed by atoms with Crippen molar-refractivity contribution in [3.63, 3.8) is 0 Å². The SMILES string of the molecule is CCCC1(CCC)c2ccccc2-c2c1cc(Oc1ccc3c(c1)-c1c(cc(O)c4cc(OC)c(-c5ccccc5)cc14)C31CC(C)(C)CC(C)(C)C1)c1cc(OC)ccc21. The average Bonchev–Trinajstić information content (AvgIpc) is 3.64. The lowest BCUT2D eigenvalue weighted by Gasteiger charge is -2.51. The molecule has 1 N–H and O–H groups in total. The molecule has 7 aromatic rings. The Bertz CT molecular complexity index is 2860. The number of methoxy groups -OCH3 is 2. The minimum atomic E-state index is -0.285. The molecule has 0 heterocycles. The molecule has 61 heavy (non-hydrogen) atoms. The summed E-state index contributed by atoms with van der Waals surface area (Å²) >= 11 is 0. The van der Waals surface area contributed by atoms with Crippen molar-refractivity contribution in [2.75, 3.05) is 14.2 Å². The van der Waals surface area contributed by atoms with Crippen LogP contribution in [0.1, 0.15) is 109 Å². The lowest BCUT2D eigenvalue weighted by atomic mass is 9.52. The molecule has 1 spiro atoms. The largest absolute Gasteiger partial charge is 0.507 e. The van der Waals surface area contributed by atoms with Crippen molar-refractivity contribution in [3.8, 4) is 62.1 Å². The zero-order valence-corrected chi connectivity index (χ0v) is 37.1. The van der Waals surface area contributed by atoms with Gasteiger partial charge in [-0.3, -0.25) is 0 Å². The van der Waals surface area contributed by atoms with Gasteiger partial charge in [0.2, 0.25) is 0 Å². The minimum absolute atomic E-state index is 0.0823. The zero-order chi connectivity index (χ0) is 42.5. The number of fused-ring (bicyclic) bond motifs is 12. The van der Waals surface area contributed by atoms with Gasteiger partial charge >= 0.3 is 0 Å². The lowest BCUT2D eigenvalue weighted by molar-refractivity contribution is 0.0645. The minimum Gasteiger partial charge on any atom is -0.507 e. The van der Waals surface area contributed by atoms with E-state index in [0.717, 1.165) is 95.2 Å². The maximum atomic E-state index is 12.0. The van der Waals surface area contributed by atoms with Crippen LogP contribution < -0.4 is 14.2 Å². The molecule has 4 nitrogen and oxygen atoms in total. The molecule has 1 saturated carbocycles. The first kappa shape index (κ1) is 39.4. The van der Waals surface area contributed by atoms with Crippen LogP contribution in [0, 0.1) is 10.8 Å². The molecule has 4 heteroatoms. The van der Waals surface area contributed by atoms with E-state index in [1.165, 1.54) is 49.9 Å². The molecule has 0 radical (unpaired) electrons. The van der Waals surface area contributed by atoms with Crippen LogP contribution in [0.3, 0.4) is 0 Å². The Morgan fingerprint density at radius 3 is 1.90 bits per heavy atom. The summed E-state index contributed by atoms with van der Waals surface area (Å²) < 4.78 is 19.2. The van der Waals surface area contributed by atoms with Crippen LogP contribution >= 0.6 is 0 Å². The molecular weight excluding hydrogens is 749 g/mol. The molecule has 0 aromatic heterocycles. The Balaban J connectivity index is 1.22. The Kier molecular flexibility index (Phi) is 9.15. The van der Waals surface area contributed by atoms with Crippen molar-refractivity contribution < 1.29 is 19.3 Å². The highest BCUT2D eigenvalue weighted by Gasteiger charge is 2.54. The van der Waals surface area contributed by atoms with Crippen molar-refractivity contribution in [3.05, 3.63) is 138 Å². The summed E-state index contributed by atoms with van der Waals surface area (Å²) in [6.45, 7) is 14.3. The molecular formula is C57H58O4. The quantitative estimate of drug-likeness (QED) is 0.158. The van der Waals surface area contributed by atoms with Gasteiger partial charge in [0.05, 0.1) is 14.2 Å². The molecule has 0 bridgehead atoms. The van der Waals surface area contributed by atoms with Crippen LogP contribution in [0.15, 0.2) is 115 Å². The smallest absolute Gasteiger partial charge is 0.135 e. The standard InChI is InChI=1S/C57H58O4/c1-9-24-56(25-10-2)45-19-15-14-18-39(45)52-38-22-20-36(59-7)26-42(38)51(31-48(52)56)61-37-21-23-46-44(27-37)53-43-28-40(35-16-12-11-13-17-35)50(60-8)29-41(43)49(58)30-47(53)57(46)33-54(3,4)32-55(5,6)34-57/h11-23,26-31,58H,9-10,24-25,32-34H2,1-8H3. The maximum Gasteiger partial charge on any atom is 0.135 e. The van der Waals surface area contributed by atoms with E-state index >= 15 is 0 Å². The molecule has 0 aliphatic heterocycles. The van der Waals surface area contributed by atoms with Crippen molar-refractivity contribution in [2.45, 2.75) is 97.3 Å². The van der Waals surface area contributed by atoms with Crippen LogP contribution in [0.4, 0.5) is 0 Å². The van der Waals surface area contributed by atoms with E-state index < -0.39 is 0 Å². The van der Waals surface area contributed by atoms with Crippen LogP contribution in [0.2, 0.25) is 0 Å². The van der Waals surface area contributed by atoms with Crippen LogP contribution in [0.25, 0.3) is 54.9 Å². The van der Waals surface area contributed by atoms with Gasteiger partial charge in [-0.15, -0.1) is 0 Å². The summed E-state index contributed by atoms with van der Waals surface area (Å²) in [5.74, 6) is 3.47. The normalized spacial score (nSPS) is 17.2. The van der Waals surface area contributed by atoms with Crippen molar-refractivity contribution in [1.29, 1.82) is 0 Å². The second-order valence-corrected chi connectivity index (χ2v) is 19.9. The molecule has 0 amide bonds.